The molecule has 0 atom stereocenters. The molecule has 8 nitrogen and oxygen atoms in total. The number of nitrogens with one attached hydrogen (secondary N) is 1. The van der Waals surface area contributed by atoms with Gasteiger partial charge in [-0.25, -0.2) is 28.7 Å². The fourth-order valence-electron chi connectivity index (χ4n) is 4.80. The van der Waals surface area contributed by atoms with Crippen LogP contribution in [0, 0.1) is 11.6 Å². The largest absolute Gasteiger partial charge is 0.507 e. The maximum atomic E-state index is 15.0. The van der Waals surface area contributed by atoms with Crippen molar-refractivity contribution in [2.45, 2.75) is 18.8 Å². The van der Waals surface area contributed by atoms with Gasteiger partial charge in [0.1, 0.15) is 28.7 Å². The van der Waals surface area contributed by atoms with Crippen molar-refractivity contribution >= 4 is 28.3 Å². The molecule has 0 aliphatic carbocycles. The molecule has 5 heterocycles. The van der Waals surface area contributed by atoms with Crippen LogP contribution < -0.4 is 5.32 Å². The van der Waals surface area contributed by atoms with Gasteiger partial charge >= 0.3 is 0 Å². The molecule has 0 amide bonds. The molecule has 1 aliphatic rings. The van der Waals surface area contributed by atoms with Crippen molar-refractivity contribution in [3.8, 4) is 17.0 Å². The third kappa shape index (κ3) is 3.99. The fourth-order valence-corrected chi connectivity index (χ4v) is 4.80. The lowest BCUT2D eigenvalue weighted by Crippen LogP contribution is -2.29. The number of imidazole rings is 1. The Morgan fingerprint density at radius 3 is 2.61 bits per heavy atom. The molecule has 36 heavy (non-hydrogen) atoms. The van der Waals surface area contributed by atoms with Crippen molar-refractivity contribution in [1.29, 1.82) is 0 Å². The van der Waals surface area contributed by atoms with E-state index in [-0.39, 0.29) is 28.3 Å². The second kappa shape index (κ2) is 8.80. The first-order chi connectivity index (χ1) is 17.5. The van der Waals surface area contributed by atoms with Gasteiger partial charge in [-0.2, -0.15) is 0 Å². The van der Waals surface area contributed by atoms with E-state index in [1.807, 2.05) is 18.3 Å². The van der Waals surface area contributed by atoms with Crippen LogP contribution in [0.4, 0.5) is 20.5 Å². The van der Waals surface area contributed by atoms with Crippen LogP contribution in [0.2, 0.25) is 0 Å². The van der Waals surface area contributed by atoms with E-state index in [9.17, 15) is 9.50 Å². The number of benzene rings is 1. The number of hydrogen-bond donors (Lipinski definition) is 2. The lowest BCUT2D eigenvalue weighted by atomic mass is 9.91. The molecule has 1 fully saturated rings. The number of piperidine rings is 1. The minimum absolute atomic E-state index is 0.0194. The van der Waals surface area contributed by atoms with Crippen LogP contribution in [-0.4, -0.2) is 54.5 Å². The first kappa shape index (κ1) is 22.3. The molecule has 1 aliphatic heterocycles. The molecule has 4 aromatic heterocycles. The number of aromatic hydroxyl groups is 1. The molecule has 0 bridgehead atoms. The Bertz CT molecular complexity index is 1580. The van der Waals surface area contributed by atoms with E-state index in [0.717, 1.165) is 38.2 Å². The first-order valence-corrected chi connectivity index (χ1v) is 11.7. The van der Waals surface area contributed by atoms with E-state index in [0.29, 0.717) is 22.9 Å². The predicted octanol–water partition coefficient (Wildman–Crippen LogP) is 4.88. The molecule has 5 aromatic rings. The highest BCUT2D eigenvalue weighted by Crippen LogP contribution is 2.34. The van der Waals surface area contributed by atoms with Gasteiger partial charge in [0.05, 0.1) is 17.1 Å². The number of halogens is 2. The normalized spacial score (nSPS) is 15.1. The van der Waals surface area contributed by atoms with Gasteiger partial charge in [-0.3, -0.25) is 4.40 Å². The topological polar surface area (TPSA) is 91.5 Å². The van der Waals surface area contributed by atoms with Crippen LogP contribution in [-0.2, 0) is 0 Å². The molecule has 0 saturated carbocycles. The van der Waals surface area contributed by atoms with Crippen molar-refractivity contribution in [2.75, 3.05) is 25.5 Å². The quantitative estimate of drug-likeness (QED) is 0.374. The standard InChI is InChI=1S/C26H23F2N7O/c1-34-7-4-15(5-8-34)16-2-3-22(30-13-16)32-26-31-14-19(28)25(33-26)17-10-18(27)24-20(11-17)35-9-6-29-23(35)12-21(24)36/h2-3,6,9-15,36H,4-5,7-8H2,1H3,(H,30,31,32,33). The molecule has 2 N–H and O–H groups in total. The number of pyridine rings is 2. The second-order valence-corrected chi connectivity index (χ2v) is 9.11. The summed E-state index contributed by atoms with van der Waals surface area (Å²) in [5.41, 5.74) is 2.10. The molecular weight excluding hydrogens is 464 g/mol. The van der Waals surface area contributed by atoms with Gasteiger partial charge in [-0.15, -0.1) is 0 Å². The van der Waals surface area contributed by atoms with Gasteiger partial charge in [-0.05, 0) is 62.7 Å². The number of anilines is 2. The average molecular weight is 488 g/mol. The smallest absolute Gasteiger partial charge is 0.229 e. The Hall–Kier alpha value is -4.18. The lowest BCUT2D eigenvalue weighted by Gasteiger charge is -2.29. The van der Waals surface area contributed by atoms with Crippen molar-refractivity contribution < 1.29 is 13.9 Å². The molecule has 10 heteroatoms. The minimum Gasteiger partial charge on any atom is -0.507 e. The van der Waals surface area contributed by atoms with E-state index in [1.54, 1.807) is 16.7 Å². The van der Waals surface area contributed by atoms with Crippen LogP contribution in [0.3, 0.4) is 0 Å². The van der Waals surface area contributed by atoms with Gasteiger partial charge in [0.25, 0.3) is 0 Å². The number of hydrogen-bond acceptors (Lipinski definition) is 7. The Morgan fingerprint density at radius 2 is 1.83 bits per heavy atom. The number of rotatable bonds is 4. The summed E-state index contributed by atoms with van der Waals surface area (Å²) in [6, 6.07) is 7.99. The molecular formula is C26H23F2N7O. The van der Waals surface area contributed by atoms with Crippen LogP contribution in [0.5, 0.6) is 5.75 Å². The molecule has 182 valence electrons. The highest BCUT2D eigenvalue weighted by atomic mass is 19.1. The minimum atomic E-state index is -0.702. The molecule has 0 unspecified atom stereocenters. The summed E-state index contributed by atoms with van der Waals surface area (Å²) in [6.45, 7) is 2.14. The predicted molar refractivity (Wildman–Crippen MR) is 132 cm³/mol. The van der Waals surface area contributed by atoms with Gasteiger partial charge in [0.2, 0.25) is 5.95 Å². The van der Waals surface area contributed by atoms with E-state index in [2.05, 4.69) is 37.2 Å². The van der Waals surface area contributed by atoms with Gasteiger partial charge in [0.15, 0.2) is 5.82 Å². The molecule has 1 aromatic carbocycles. The number of fused-ring (bicyclic) bond motifs is 3. The fraction of sp³-hybridized carbons (Fsp3) is 0.231. The third-order valence-corrected chi connectivity index (χ3v) is 6.75. The highest BCUT2D eigenvalue weighted by Gasteiger charge is 2.19. The van der Waals surface area contributed by atoms with Crippen molar-refractivity contribution in [3.63, 3.8) is 0 Å². The van der Waals surface area contributed by atoms with Crippen LogP contribution in [0.15, 0.2) is 55.1 Å². The van der Waals surface area contributed by atoms with Gasteiger partial charge < -0.3 is 15.3 Å². The summed E-state index contributed by atoms with van der Waals surface area (Å²) >= 11 is 0. The SMILES string of the molecule is CN1CCC(c2ccc(Nc3ncc(F)c(-c4cc(F)c5c(O)cc6nccn6c5c4)n3)nc2)CC1. The maximum Gasteiger partial charge on any atom is 0.229 e. The van der Waals surface area contributed by atoms with E-state index >= 15 is 4.39 Å². The van der Waals surface area contributed by atoms with Gasteiger partial charge in [0, 0.05) is 30.2 Å². The van der Waals surface area contributed by atoms with Crippen molar-refractivity contribution in [1.82, 2.24) is 29.2 Å². The number of aromatic nitrogens is 5. The molecule has 0 spiro atoms. The molecule has 1 saturated heterocycles. The second-order valence-electron chi connectivity index (χ2n) is 9.11. The zero-order chi connectivity index (χ0) is 24.8. The molecule has 6 rings (SSSR count). The highest BCUT2D eigenvalue weighted by molar-refractivity contribution is 5.91. The van der Waals surface area contributed by atoms with Crippen molar-refractivity contribution in [3.05, 3.63) is 72.3 Å². The summed E-state index contributed by atoms with van der Waals surface area (Å²) in [7, 11) is 2.13. The summed E-state index contributed by atoms with van der Waals surface area (Å²) in [6.07, 6.45) is 8.27. The molecule has 0 radical (unpaired) electrons. The first-order valence-electron chi connectivity index (χ1n) is 11.7. The Kier molecular flexibility index (Phi) is 5.45. The maximum absolute atomic E-state index is 15.0. The van der Waals surface area contributed by atoms with Gasteiger partial charge in [-0.1, -0.05) is 6.07 Å². The van der Waals surface area contributed by atoms with E-state index in [1.165, 1.54) is 17.8 Å². The van der Waals surface area contributed by atoms with Crippen LogP contribution >= 0.6 is 0 Å². The Morgan fingerprint density at radius 1 is 1.00 bits per heavy atom. The summed E-state index contributed by atoms with van der Waals surface area (Å²) in [5.74, 6) is -0.496. The lowest BCUT2D eigenvalue weighted by molar-refractivity contribution is 0.255. The Labute approximate surface area is 205 Å². The summed E-state index contributed by atoms with van der Waals surface area (Å²) in [4.78, 5) is 19.3. The summed E-state index contributed by atoms with van der Waals surface area (Å²) in [5, 5.41) is 13.3. The zero-order valence-electron chi connectivity index (χ0n) is 19.5. The summed E-state index contributed by atoms with van der Waals surface area (Å²) < 4.78 is 31.4. The zero-order valence-corrected chi connectivity index (χ0v) is 19.5. The third-order valence-electron chi connectivity index (χ3n) is 6.75. The van der Waals surface area contributed by atoms with E-state index in [4.69, 9.17) is 0 Å². The number of nitrogens with zero attached hydrogens (tertiary/aromatic N) is 6. The monoisotopic (exact) mass is 487 g/mol. The van der Waals surface area contributed by atoms with Crippen LogP contribution in [0.1, 0.15) is 24.3 Å². The Balaban J connectivity index is 1.31. The number of likely N-dealkylation sites (tertiary alicyclic amines) is 1. The van der Waals surface area contributed by atoms with Crippen LogP contribution in [0.25, 0.3) is 27.8 Å². The van der Waals surface area contributed by atoms with Crippen molar-refractivity contribution in [2.24, 2.45) is 0 Å². The van der Waals surface area contributed by atoms with E-state index < -0.39 is 11.6 Å². The average Bonchev–Trinajstić information content (AvgIpc) is 3.34.